The van der Waals surface area contributed by atoms with E-state index < -0.39 is 0 Å². The molecule has 19 heavy (non-hydrogen) atoms. The van der Waals surface area contributed by atoms with Crippen LogP contribution in [0.5, 0.6) is 11.5 Å². The summed E-state index contributed by atoms with van der Waals surface area (Å²) in [6.07, 6.45) is 0. The molecule has 0 saturated carbocycles. The Morgan fingerprint density at radius 2 is 1.79 bits per heavy atom. The van der Waals surface area contributed by atoms with Gasteiger partial charge in [0.05, 0.1) is 19.3 Å². The van der Waals surface area contributed by atoms with Gasteiger partial charge in [-0.2, -0.15) is 0 Å². The average Bonchev–Trinajstić information content (AvgIpc) is 2.66. The highest BCUT2D eigenvalue weighted by molar-refractivity contribution is 5.31. The number of aryl methyl sites for hydroxylation is 1. The Labute approximate surface area is 111 Å². The number of rotatable bonds is 5. The topological polar surface area (TPSA) is 53.6 Å². The Balaban J connectivity index is 1.94. The van der Waals surface area contributed by atoms with Crippen molar-refractivity contribution in [3.63, 3.8) is 0 Å². The van der Waals surface area contributed by atoms with E-state index in [1.54, 1.807) is 18.6 Å². The molecule has 0 atom stereocenters. The lowest BCUT2D eigenvalue weighted by Gasteiger charge is -2.07. The summed E-state index contributed by atoms with van der Waals surface area (Å²) < 4.78 is 17.2. The zero-order valence-electron chi connectivity index (χ0n) is 11.3. The van der Waals surface area contributed by atoms with Gasteiger partial charge in [-0.05, 0) is 38.1 Å². The quantitative estimate of drug-likeness (QED) is 0.829. The Morgan fingerprint density at radius 3 is 2.32 bits per heavy atom. The van der Waals surface area contributed by atoms with Crippen molar-refractivity contribution < 1.29 is 13.9 Å². The number of nitrogens with zero attached hydrogens (tertiary/aromatic N) is 1. The normalized spacial score (nSPS) is 10.5. The van der Waals surface area contributed by atoms with Gasteiger partial charge >= 0.3 is 5.76 Å². The molecule has 0 amide bonds. The Kier molecular flexibility index (Phi) is 3.94. The number of methoxy groups -OCH3 is 1. The molecule has 102 valence electrons. The maximum absolute atomic E-state index is 11.5. The minimum Gasteiger partial charge on any atom is -0.497 e. The van der Waals surface area contributed by atoms with E-state index in [1.807, 2.05) is 31.2 Å². The van der Waals surface area contributed by atoms with E-state index in [0.717, 1.165) is 17.2 Å². The first kappa shape index (κ1) is 13.3. The second kappa shape index (κ2) is 5.65. The van der Waals surface area contributed by atoms with Gasteiger partial charge in [-0.3, -0.25) is 4.57 Å². The van der Waals surface area contributed by atoms with Gasteiger partial charge in [-0.1, -0.05) is 0 Å². The van der Waals surface area contributed by atoms with Gasteiger partial charge in [-0.15, -0.1) is 0 Å². The fraction of sp³-hybridized carbons (Fsp3) is 0.357. The fourth-order valence-corrected chi connectivity index (χ4v) is 1.77. The third-order valence-corrected chi connectivity index (χ3v) is 3.02. The van der Waals surface area contributed by atoms with Crippen LogP contribution in [0, 0.1) is 13.8 Å². The van der Waals surface area contributed by atoms with Crippen LogP contribution in [-0.2, 0) is 6.54 Å². The largest absolute Gasteiger partial charge is 0.497 e. The molecular weight excluding hydrogens is 246 g/mol. The van der Waals surface area contributed by atoms with Crippen LogP contribution in [0.25, 0.3) is 0 Å². The number of benzene rings is 1. The van der Waals surface area contributed by atoms with Crippen LogP contribution in [0.2, 0.25) is 0 Å². The first-order chi connectivity index (χ1) is 9.11. The lowest BCUT2D eigenvalue weighted by Crippen LogP contribution is -2.19. The summed E-state index contributed by atoms with van der Waals surface area (Å²) in [5, 5.41) is 0. The molecule has 0 unspecified atom stereocenters. The molecule has 0 aliphatic heterocycles. The van der Waals surface area contributed by atoms with E-state index in [9.17, 15) is 4.79 Å². The fourth-order valence-electron chi connectivity index (χ4n) is 1.77. The maximum Gasteiger partial charge on any atom is 0.419 e. The number of hydrogen-bond donors (Lipinski definition) is 0. The predicted molar refractivity (Wildman–Crippen MR) is 70.9 cm³/mol. The van der Waals surface area contributed by atoms with Crippen molar-refractivity contribution in [2.45, 2.75) is 20.4 Å². The Bertz CT molecular complexity index is 595. The summed E-state index contributed by atoms with van der Waals surface area (Å²) in [4.78, 5) is 11.5. The van der Waals surface area contributed by atoms with Crippen molar-refractivity contribution >= 4 is 0 Å². The molecule has 0 aliphatic carbocycles. The molecule has 0 N–H and O–H groups in total. The highest BCUT2D eigenvalue weighted by Gasteiger charge is 2.08. The summed E-state index contributed by atoms with van der Waals surface area (Å²) in [6.45, 7) is 4.51. The lowest BCUT2D eigenvalue weighted by molar-refractivity contribution is 0.290. The molecule has 1 aromatic heterocycles. The van der Waals surface area contributed by atoms with Crippen molar-refractivity contribution in [1.29, 1.82) is 0 Å². The minimum atomic E-state index is -0.340. The van der Waals surface area contributed by atoms with Gasteiger partial charge in [-0.25, -0.2) is 4.79 Å². The molecule has 0 bridgehead atoms. The van der Waals surface area contributed by atoms with Crippen molar-refractivity contribution in [2.24, 2.45) is 0 Å². The smallest absolute Gasteiger partial charge is 0.419 e. The van der Waals surface area contributed by atoms with Crippen molar-refractivity contribution in [3.8, 4) is 11.5 Å². The monoisotopic (exact) mass is 263 g/mol. The maximum atomic E-state index is 11.5. The predicted octanol–water partition coefficient (Wildman–Crippen LogP) is 2.15. The molecule has 0 radical (unpaired) electrons. The van der Waals surface area contributed by atoms with Gasteiger partial charge in [0, 0.05) is 0 Å². The van der Waals surface area contributed by atoms with E-state index in [2.05, 4.69) is 0 Å². The minimum absolute atomic E-state index is 0.340. The van der Waals surface area contributed by atoms with Crippen LogP contribution in [0.4, 0.5) is 0 Å². The summed E-state index contributed by atoms with van der Waals surface area (Å²) in [6, 6.07) is 7.31. The molecule has 2 aromatic rings. The number of ether oxygens (including phenoxy) is 2. The van der Waals surface area contributed by atoms with E-state index in [-0.39, 0.29) is 5.76 Å². The van der Waals surface area contributed by atoms with Crippen molar-refractivity contribution in [3.05, 3.63) is 46.3 Å². The highest BCUT2D eigenvalue weighted by atomic mass is 16.5. The van der Waals surface area contributed by atoms with Gasteiger partial charge in [0.25, 0.3) is 0 Å². The number of hydrogen-bond acceptors (Lipinski definition) is 4. The van der Waals surface area contributed by atoms with Gasteiger partial charge in [0.15, 0.2) is 0 Å². The summed E-state index contributed by atoms with van der Waals surface area (Å²) in [7, 11) is 1.62. The molecular formula is C14H17NO4. The van der Waals surface area contributed by atoms with Crippen LogP contribution < -0.4 is 15.2 Å². The van der Waals surface area contributed by atoms with Gasteiger partial charge in [0.1, 0.15) is 23.9 Å². The second-order valence-corrected chi connectivity index (χ2v) is 4.19. The first-order valence-corrected chi connectivity index (χ1v) is 6.05. The van der Waals surface area contributed by atoms with E-state index in [1.165, 1.54) is 0 Å². The Hall–Kier alpha value is -2.17. The summed E-state index contributed by atoms with van der Waals surface area (Å²) >= 11 is 0. The molecule has 2 rings (SSSR count). The zero-order chi connectivity index (χ0) is 13.8. The first-order valence-electron chi connectivity index (χ1n) is 6.05. The van der Waals surface area contributed by atoms with Crippen LogP contribution in [-0.4, -0.2) is 18.3 Å². The van der Waals surface area contributed by atoms with E-state index in [0.29, 0.717) is 18.9 Å². The third-order valence-electron chi connectivity index (χ3n) is 3.02. The lowest BCUT2D eigenvalue weighted by atomic mass is 10.3. The van der Waals surface area contributed by atoms with Crippen molar-refractivity contribution in [2.75, 3.05) is 13.7 Å². The Morgan fingerprint density at radius 1 is 1.16 bits per heavy atom. The average molecular weight is 263 g/mol. The van der Waals surface area contributed by atoms with Crippen LogP contribution >= 0.6 is 0 Å². The molecule has 0 fully saturated rings. The molecule has 5 nitrogen and oxygen atoms in total. The van der Waals surface area contributed by atoms with Crippen LogP contribution in [0.15, 0.2) is 33.5 Å². The van der Waals surface area contributed by atoms with Gasteiger partial charge < -0.3 is 13.9 Å². The van der Waals surface area contributed by atoms with E-state index in [4.69, 9.17) is 13.9 Å². The van der Waals surface area contributed by atoms with Gasteiger partial charge in [0.2, 0.25) is 0 Å². The molecule has 0 aliphatic rings. The number of aromatic nitrogens is 1. The molecule has 0 spiro atoms. The van der Waals surface area contributed by atoms with E-state index >= 15 is 0 Å². The number of oxazole rings is 1. The molecule has 5 heteroatoms. The van der Waals surface area contributed by atoms with Crippen molar-refractivity contribution in [1.82, 2.24) is 4.57 Å². The molecule has 0 saturated heterocycles. The van der Waals surface area contributed by atoms with Crippen LogP contribution in [0.1, 0.15) is 11.5 Å². The van der Waals surface area contributed by atoms with Crippen LogP contribution in [0.3, 0.4) is 0 Å². The highest BCUT2D eigenvalue weighted by Crippen LogP contribution is 2.17. The molecule has 1 heterocycles. The standard InChI is InChI=1S/C14H17NO4/c1-10-11(2)19-14(16)15(10)8-9-18-13-6-4-12(17-3)5-7-13/h4-7H,8-9H2,1-3H3. The third kappa shape index (κ3) is 2.99. The summed E-state index contributed by atoms with van der Waals surface area (Å²) in [5.74, 6) is 1.83. The summed E-state index contributed by atoms with van der Waals surface area (Å²) in [5.41, 5.74) is 0.836. The zero-order valence-corrected chi connectivity index (χ0v) is 11.3. The SMILES string of the molecule is COc1ccc(OCCn2c(C)c(C)oc2=O)cc1. The second-order valence-electron chi connectivity index (χ2n) is 4.19. The molecule has 1 aromatic carbocycles.